The third-order valence-electron chi connectivity index (χ3n) is 3.10. The molecule has 0 bridgehead atoms. The van der Waals surface area contributed by atoms with Crippen molar-refractivity contribution in [1.82, 2.24) is 5.32 Å². The van der Waals surface area contributed by atoms with Gasteiger partial charge in [-0.15, -0.1) is 0 Å². The molecule has 1 aliphatic heterocycles. The first-order valence-electron chi connectivity index (χ1n) is 6.15. The van der Waals surface area contributed by atoms with Gasteiger partial charge in [0.1, 0.15) is 0 Å². The Morgan fingerprint density at radius 3 is 2.74 bits per heavy atom. The first-order valence-corrected chi connectivity index (χ1v) is 6.94. The zero-order valence-corrected chi connectivity index (χ0v) is 11.9. The Kier molecular flexibility index (Phi) is 4.55. The molecule has 0 saturated carbocycles. The molecule has 0 unspecified atom stereocenters. The second-order valence-corrected chi connectivity index (χ2v) is 5.35. The summed E-state index contributed by atoms with van der Waals surface area (Å²) in [6.45, 7) is 0.858. The number of amides is 1. The van der Waals surface area contributed by atoms with Crippen LogP contribution in [-0.4, -0.2) is 29.6 Å². The maximum absolute atomic E-state index is 12.0. The average Bonchev–Trinajstić information content (AvgIpc) is 2.41. The summed E-state index contributed by atoms with van der Waals surface area (Å²) in [4.78, 5) is 22.8. The maximum atomic E-state index is 12.0. The van der Waals surface area contributed by atoms with Crippen LogP contribution in [0.4, 0.5) is 5.69 Å². The molecule has 6 heteroatoms. The number of halogens is 1. The lowest BCUT2D eigenvalue weighted by Crippen LogP contribution is -2.43. The van der Waals surface area contributed by atoms with Crippen LogP contribution in [0.2, 0.25) is 0 Å². The summed E-state index contributed by atoms with van der Waals surface area (Å²) in [5.41, 5.74) is 0.767. The third-order valence-corrected chi connectivity index (χ3v) is 3.76. The lowest BCUT2D eigenvalue weighted by Gasteiger charge is -2.22. The van der Waals surface area contributed by atoms with E-state index in [1.165, 1.54) is 12.1 Å². The van der Waals surface area contributed by atoms with Gasteiger partial charge in [-0.3, -0.25) is 4.79 Å². The fraction of sp³-hybridized carbons (Fsp3) is 0.385. The van der Waals surface area contributed by atoms with Crippen LogP contribution >= 0.6 is 15.9 Å². The third kappa shape index (κ3) is 3.54. The van der Waals surface area contributed by atoms with Gasteiger partial charge in [0.15, 0.2) is 0 Å². The highest BCUT2D eigenvalue weighted by molar-refractivity contribution is 9.10. The molecule has 1 heterocycles. The number of carbonyl (C=O) groups is 2. The second kappa shape index (κ2) is 6.16. The summed E-state index contributed by atoms with van der Waals surface area (Å²) in [6.07, 6.45) is 2.97. The van der Waals surface area contributed by atoms with E-state index < -0.39 is 5.97 Å². The van der Waals surface area contributed by atoms with Gasteiger partial charge < -0.3 is 15.7 Å². The van der Waals surface area contributed by atoms with Crippen molar-refractivity contribution in [3.8, 4) is 0 Å². The number of anilines is 1. The van der Waals surface area contributed by atoms with Crippen molar-refractivity contribution < 1.29 is 14.7 Å². The Bertz CT molecular complexity index is 499. The van der Waals surface area contributed by atoms with Crippen LogP contribution < -0.4 is 10.6 Å². The van der Waals surface area contributed by atoms with Crippen LogP contribution in [0.5, 0.6) is 0 Å². The number of carboxylic acid groups (broad SMARTS) is 1. The average molecular weight is 327 g/mol. The van der Waals surface area contributed by atoms with Gasteiger partial charge >= 0.3 is 5.97 Å². The highest BCUT2D eigenvalue weighted by Gasteiger charge is 2.21. The minimum Gasteiger partial charge on any atom is -0.478 e. The van der Waals surface area contributed by atoms with Gasteiger partial charge in [-0.25, -0.2) is 4.79 Å². The smallest absolute Gasteiger partial charge is 0.335 e. The molecule has 0 aromatic heterocycles. The predicted octanol–water partition coefficient (Wildman–Crippen LogP) is 2.23. The quantitative estimate of drug-likeness (QED) is 0.795. The molecule has 1 aromatic rings. The van der Waals surface area contributed by atoms with E-state index in [4.69, 9.17) is 5.11 Å². The molecule has 3 N–H and O–H groups in total. The zero-order valence-electron chi connectivity index (χ0n) is 10.3. The van der Waals surface area contributed by atoms with Crippen LogP contribution in [0.25, 0.3) is 0 Å². The minimum absolute atomic E-state index is 0.0801. The van der Waals surface area contributed by atoms with E-state index >= 15 is 0 Å². The van der Waals surface area contributed by atoms with E-state index in [0.29, 0.717) is 10.2 Å². The fourth-order valence-corrected chi connectivity index (χ4v) is 2.52. The number of aromatic carboxylic acids is 1. The van der Waals surface area contributed by atoms with Crippen molar-refractivity contribution in [2.24, 2.45) is 0 Å². The molecule has 0 radical (unpaired) electrons. The van der Waals surface area contributed by atoms with Crippen LogP contribution in [0.15, 0.2) is 22.7 Å². The van der Waals surface area contributed by atoms with Gasteiger partial charge in [0.25, 0.3) is 0 Å². The summed E-state index contributed by atoms with van der Waals surface area (Å²) < 4.78 is 0.566. The SMILES string of the molecule is O=C(O)c1ccc(NC(=O)[C@H]2CCCCN2)c(Br)c1. The van der Waals surface area contributed by atoms with Crippen molar-refractivity contribution in [2.45, 2.75) is 25.3 Å². The summed E-state index contributed by atoms with van der Waals surface area (Å²) in [7, 11) is 0. The van der Waals surface area contributed by atoms with Crippen molar-refractivity contribution in [3.05, 3.63) is 28.2 Å². The molecule has 1 fully saturated rings. The van der Waals surface area contributed by atoms with Gasteiger partial charge in [-0.05, 0) is 53.5 Å². The highest BCUT2D eigenvalue weighted by Crippen LogP contribution is 2.24. The predicted molar refractivity (Wildman–Crippen MR) is 75.4 cm³/mol. The number of hydrogen-bond donors (Lipinski definition) is 3. The molecule has 1 amide bonds. The normalized spacial score (nSPS) is 18.9. The highest BCUT2D eigenvalue weighted by atomic mass is 79.9. The Morgan fingerprint density at radius 1 is 1.37 bits per heavy atom. The van der Waals surface area contributed by atoms with E-state index in [0.717, 1.165) is 25.8 Å². The first kappa shape index (κ1) is 14.0. The second-order valence-electron chi connectivity index (χ2n) is 4.49. The van der Waals surface area contributed by atoms with Crippen molar-refractivity contribution >= 4 is 33.5 Å². The van der Waals surface area contributed by atoms with E-state index in [2.05, 4.69) is 26.6 Å². The van der Waals surface area contributed by atoms with Gasteiger partial charge in [0.05, 0.1) is 17.3 Å². The van der Waals surface area contributed by atoms with Crippen molar-refractivity contribution in [2.75, 3.05) is 11.9 Å². The molecule has 1 atom stereocenters. The van der Waals surface area contributed by atoms with Gasteiger partial charge in [-0.1, -0.05) is 6.42 Å². The molecular formula is C13H15BrN2O3. The summed E-state index contributed by atoms with van der Waals surface area (Å²) in [5.74, 6) is -1.07. The standard InChI is InChI=1S/C13H15BrN2O3/c14-9-7-8(13(18)19)4-5-10(9)16-12(17)11-3-1-2-6-15-11/h4-5,7,11,15H,1-3,6H2,(H,16,17)(H,18,19)/t11-/m1/s1. The summed E-state index contributed by atoms with van der Waals surface area (Å²) >= 11 is 3.27. The molecule has 2 rings (SSSR count). The fourth-order valence-electron chi connectivity index (χ4n) is 2.04. The molecule has 1 aromatic carbocycles. The number of nitrogens with one attached hydrogen (secondary N) is 2. The molecule has 102 valence electrons. The van der Waals surface area contributed by atoms with Gasteiger partial charge in [-0.2, -0.15) is 0 Å². The number of rotatable bonds is 3. The van der Waals surface area contributed by atoms with Gasteiger partial charge in [0, 0.05) is 4.47 Å². The molecule has 0 spiro atoms. The lowest BCUT2D eigenvalue weighted by atomic mass is 10.0. The molecule has 1 aliphatic rings. The van der Waals surface area contributed by atoms with Crippen molar-refractivity contribution in [1.29, 1.82) is 0 Å². The van der Waals surface area contributed by atoms with E-state index in [-0.39, 0.29) is 17.5 Å². The maximum Gasteiger partial charge on any atom is 0.335 e. The Balaban J connectivity index is 2.06. The zero-order chi connectivity index (χ0) is 13.8. The molecular weight excluding hydrogens is 312 g/mol. The molecule has 1 saturated heterocycles. The number of carboxylic acids is 1. The topological polar surface area (TPSA) is 78.4 Å². The number of hydrogen-bond acceptors (Lipinski definition) is 3. The number of benzene rings is 1. The summed E-state index contributed by atoms with van der Waals surface area (Å²) in [6, 6.07) is 4.37. The van der Waals surface area contributed by atoms with Gasteiger partial charge in [0.2, 0.25) is 5.91 Å². The Labute approximate surface area is 119 Å². The monoisotopic (exact) mass is 326 g/mol. The lowest BCUT2D eigenvalue weighted by molar-refractivity contribution is -0.118. The summed E-state index contributed by atoms with van der Waals surface area (Å²) in [5, 5.41) is 14.8. The Morgan fingerprint density at radius 2 is 2.16 bits per heavy atom. The largest absolute Gasteiger partial charge is 0.478 e. The van der Waals surface area contributed by atoms with E-state index in [1.54, 1.807) is 6.07 Å². The van der Waals surface area contributed by atoms with E-state index in [9.17, 15) is 9.59 Å². The first-order chi connectivity index (χ1) is 9.08. The van der Waals surface area contributed by atoms with Crippen molar-refractivity contribution in [3.63, 3.8) is 0 Å². The van der Waals surface area contributed by atoms with Crippen LogP contribution in [0.3, 0.4) is 0 Å². The minimum atomic E-state index is -0.993. The van der Waals surface area contributed by atoms with E-state index in [1.807, 2.05) is 0 Å². The van der Waals surface area contributed by atoms with Crippen LogP contribution in [0.1, 0.15) is 29.6 Å². The van der Waals surface area contributed by atoms with Crippen LogP contribution in [-0.2, 0) is 4.79 Å². The molecule has 19 heavy (non-hydrogen) atoms. The molecule has 5 nitrogen and oxygen atoms in total. The number of carbonyl (C=O) groups excluding carboxylic acids is 1. The molecule has 0 aliphatic carbocycles. The Hall–Kier alpha value is -1.40. The van der Waals surface area contributed by atoms with Crippen LogP contribution in [0, 0.1) is 0 Å². The number of piperidine rings is 1.